The summed E-state index contributed by atoms with van der Waals surface area (Å²) in [4.78, 5) is 44.2. The maximum atomic E-state index is 15.1. The van der Waals surface area contributed by atoms with Crippen LogP contribution < -0.4 is 0 Å². The van der Waals surface area contributed by atoms with Crippen molar-refractivity contribution in [2.24, 2.45) is 29.1 Å². The number of hydrogen-bond acceptors (Lipinski definition) is 5. The van der Waals surface area contributed by atoms with Gasteiger partial charge in [0.2, 0.25) is 0 Å². The molecule has 5 fully saturated rings. The average Bonchev–Trinajstić information content (AvgIpc) is 3.31. The summed E-state index contributed by atoms with van der Waals surface area (Å²) in [6.07, 6.45) is 12.0. The van der Waals surface area contributed by atoms with E-state index in [2.05, 4.69) is 0 Å². The van der Waals surface area contributed by atoms with E-state index in [0.717, 1.165) is 24.8 Å². The van der Waals surface area contributed by atoms with Crippen LogP contribution in [0.25, 0.3) is 0 Å². The van der Waals surface area contributed by atoms with Crippen molar-refractivity contribution < 1.29 is 23.5 Å². The molecule has 2 aliphatic heterocycles. The first-order valence-electron chi connectivity index (χ1n) is 15.1. The molecule has 0 radical (unpaired) electrons. The summed E-state index contributed by atoms with van der Waals surface area (Å²) in [5.41, 5.74) is 1.34. The quantitative estimate of drug-likeness (QED) is 0.299. The zero-order chi connectivity index (χ0) is 28.3. The number of halogens is 1. The molecule has 2 heterocycles. The largest absolute Gasteiger partial charge is 0.462 e. The molecule has 4 bridgehead atoms. The Labute approximate surface area is 240 Å². The number of ketones is 2. The Morgan fingerprint density at radius 1 is 0.927 bits per heavy atom. The van der Waals surface area contributed by atoms with Crippen molar-refractivity contribution in [1.29, 1.82) is 0 Å². The number of rotatable bonds is 7. The predicted octanol–water partition coefficient (Wildman–Crippen LogP) is 6.26. The third kappa shape index (κ3) is 4.38. The minimum atomic E-state index is -0.731. The van der Waals surface area contributed by atoms with Crippen molar-refractivity contribution in [1.82, 2.24) is 4.90 Å². The Morgan fingerprint density at radius 3 is 2.17 bits per heavy atom. The smallest absolute Gasteiger partial charge is 0.339 e. The second-order valence-corrected chi connectivity index (χ2v) is 12.9. The van der Waals surface area contributed by atoms with Crippen LogP contribution in [0.15, 0.2) is 78.5 Å². The Bertz CT molecular complexity index is 1390. The van der Waals surface area contributed by atoms with Crippen LogP contribution >= 0.6 is 0 Å². The summed E-state index contributed by atoms with van der Waals surface area (Å²) < 4.78 is 19.1. The molecule has 8 rings (SSSR count). The Hall–Kier alpha value is -3.54. The molecule has 4 aliphatic carbocycles. The highest BCUT2D eigenvalue weighted by atomic mass is 19.1. The lowest BCUT2D eigenvalue weighted by molar-refractivity contribution is -0.148. The highest BCUT2D eigenvalue weighted by Gasteiger charge is 2.61. The van der Waals surface area contributed by atoms with Crippen molar-refractivity contribution in [2.75, 3.05) is 6.61 Å². The third-order valence-electron chi connectivity index (χ3n) is 10.5. The van der Waals surface area contributed by atoms with Crippen molar-refractivity contribution in [3.63, 3.8) is 0 Å². The lowest BCUT2D eigenvalue weighted by atomic mass is 9.47. The Balaban J connectivity index is 1.36. The highest BCUT2D eigenvalue weighted by molar-refractivity contribution is 6.03. The van der Waals surface area contributed by atoms with Crippen LogP contribution in [0.2, 0.25) is 0 Å². The van der Waals surface area contributed by atoms with Crippen molar-refractivity contribution in [3.05, 3.63) is 95.5 Å². The van der Waals surface area contributed by atoms with Gasteiger partial charge in [-0.25, -0.2) is 9.18 Å². The third-order valence-corrected chi connectivity index (χ3v) is 10.5. The first-order valence-corrected chi connectivity index (χ1v) is 15.1. The molecule has 0 spiro atoms. The minimum absolute atomic E-state index is 0.181. The second kappa shape index (κ2) is 10.1. The van der Waals surface area contributed by atoms with Crippen LogP contribution in [-0.4, -0.2) is 41.1 Å². The number of carbonyl (C=O) groups excluding carboxylic acids is 3. The van der Waals surface area contributed by atoms with Gasteiger partial charge in [-0.2, -0.15) is 0 Å². The first-order chi connectivity index (χ1) is 19.9. The van der Waals surface area contributed by atoms with Crippen molar-refractivity contribution in [3.8, 4) is 0 Å². The summed E-state index contributed by atoms with van der Waals surface area (Å²) in [5.74, 6) is 0.228. The SMILES string of the molecule is CCOC(=O)C1=CN2[C@H](C=C1)[C@H](C(=O)C13CC4CC(CC(C4)C1)C3)[C@H](c1ccccc1)[C@@H]2C(=O)c1ccc(F)cc1. The number of esters is 1. The molecule has 4 saturated carbocycles. The van der Waals surface area contributed by atoms with Gasteiger partial charge in [0.05, 0.1) is 24.1 Å². The van der Waals surface area contributed by atoms with Gasteiger partial charge < -0.3 is 9.64 Å². The number of carbonyl (C=O) groups is 3. The Morgan fingerprint density at radius 2 is 1.56 bits per heavy atom. The number of hydrogen-bond donors (Lipinski definition) is 0. The van der Waals surface area contributed by atoms with E-state index in [1.54, 1.807) is 19.2 Å². The lowest BCUT2D eigenvalue weighted by Gasteiger charge is -2.57. The summed E-state index contributed by atoms with van der Waals surface area (Å²) in [6, 6.07) is 14.4. The fourth-order valence-electron chi connectivity index (χ4n) is 9.32. The highest BCUT2D eigenvalue weighted by Crippen LogP contribution is 2.62. The zero-order valence-electron chi connectivity index (χ0n) is 23.4. The van der Waals surface area contributed by atoms with E-state index in [0.29, 0.717) is 28.9 Å². The monoisotopic (exact) mass is 553 g/mol. The molecule has 6 heteroatoms. The number of benzene rings is 2. The van der Waals surface area contributed by atoms with Gasteiger partial charge in [0.25, 0.3) is 0 Å². The van der Waals surface area contributed by atoms with Crippen LogP contribution in [0.1, 0.15) is 67.3 Å². The van der Waals surface area contributed by atoms with E-state index >= 15 is 4.79 Å². The fraction of sp³-hybridized carbons (Fsp3) is 0.457. The maximum absolute atomic E-state index is 15.1. The van der Waals surface area contributed by atoms with Gasteiger partial charge in [-0.1, -0.05) is 36.4 Å². The van der Waals surface area contributed by atoms with E-state index in [1.807, 2.05) is 41.3 Å². The summed E-state index contributed by atoms with van der Waals surface area (Å²) in [5, 5.41) is 0. The van der Waals surface area contributed by atoms with Crippen LogP contribution in [0.5, 0.6) is 0 Å². The van der Waals surface area contributed by atoms with E-state index in [-0.39, 0.29) is 29.6 Å². The van der Waals surface area contributed by atoms with Gasteiger partial charge in [0.15, 0.2) is 5.78 Å². The van der Waals surface area contributed by atoms with Gasteiger partial charge in [0, 0.05) is 23.1 Å². The van der Waals surface area contributed by atoms with Gasteiger partial charge in [0.1, 0.15) is 17.6 Å². The van der Waals surface area contributed by atoms with Gasteiger partial charge in [-0.05, 0) is 99.1 Å². The maximum Gasteiger partial charge on any atom is 0.339 e. The second-order valence-electron chi connectivity index (χ2n) is 12.9. The minimum Gasteiger partial charge on any atom is -0.462 e. The van der Waals surface area contributed by atoms with Crippen LogP contribution in [0, 0.1) is 34.9 Å². The Kier molecular flexibility index (Phi) is 6.48. The normalized spacial score (nSPS) is 34.7. The first kappa shape index (κ1) is 26.4. The number of Topliss-reactive ketones (excluding diaryl/α,β-unsaturated/α-hetero) is 2. The lowest BCUT2D eigenvalue weighted by Crippen LogP contribution is -2.53. The number of nitrogens with zero attached hydrogens (tertiary/aromatic N) is 1. The van der Waals surface area contributed by atoms with Crippen LogP contribution in [0.4, 0.5) is 4.39 Å². The summed E-state index contributed by atoms with van der Waals surface area (Å²) >= 11 is 0. The summed E-state index contributed by atoms with van der Waals surface area (Å²) in [6.45, 7) is 2.00. The molecule has 2 aromatic carbocycles. The molecule has 0 aromatic heterocycles. The molecule has 212 valence electrons. The van der Waals surface area contributed by atoms with Gasteiger partial charge >= 0.3 is 5.97 Å². The topological polar surface area (TPSA) is 63.7 Å². The number of ether oxygens (including phenoxy) is 1. The van der Waals surface area contributed by atoms with Gasteiger partial charge in [-0.3, -0.25) is 9.59 Å². The molecule has 1 saturated heterocycles. The standard InChI is InChI=1S/C35H36FNO4/c1-2-41-34(40)26-10-13-28-30(33(39)35-17-21-14-22(18-35)16-23(15-21)19-35)29(24-6-4-3-5-7-24)31(37(28)20-26)32(38)25-8-11-27(36)12-9-25/h3-13,20-23,28-31H,2,14-19H2,1H3/t21?,22?,23?,28-,29+,30+,31-,35?/m1/s1. The van der Waals surface area contributed by atoms with E-state index in [4.69, 9.17) is 4.74 Å². The molecule has 4 atom stereocenters. The molecule has 0 unspecified atom stereocenters. The number of fused-ring (bicyclic) bond motifs is 1. The molecular weight excluding hydrogens is 517 g/mol. The van der Waals surface area contributed by atoms with E-state index in [1.165, 1.54) is 43.5 Å². The van der Waals surface area contributed by atoms with Crippen molar-refractivity contribution in [2.45, 2.75) is 63.5 Å². The van der Waals surface area contributed by atoms with Crippen LogP contribution in [-0.2, 0) is 14.3 Å². The molecule has 0 N–H and O–H groups in total. The molecule has 0 amide bonds. The van der Waals surface area contributed by atoms with Crippen LogP contribution in [0.3, 0.4) is 0 Å². The zero-order valence-corrected chi connectivity index (χ0v) is 23.4. The van der Waals surface area contributed by atoms with E-state index in [9.17, 15) is 14.0 Å². The molecule has 5 nitrogen and oxygen atoms in total. The van der Waals surface area contributed by atoms with E-state index < -0.39 is 29.7 Å². The molecule has 41 heavy (non-hydrogen) atoms. The molecular formula is C35H36FNO4. The fourth-order valence-corrected chi connectivity index (χ4v) is 9.32. The van der Waals surface area contributed by atoms with Crippen molar-refractivity contribution >= 4 is 17.5 Å². The molecule has 2 aromatic rings. The average molecular weight is 554 g/mol. The predicted molar refractivity (Wildman–Crippen MR) is 152 cm³/mol. The molecule has 6 aliphatic rings. The van der Waals surface area contributed by atoms with Gasteiger partial charge in [-0.15, -0.1) is 0 Å². The summed E-state index contributed by atoms with van der Waals surface area (Å²) in [7, 11) is 0.